The standard InChI is InChI=1S/C33H29N5O3S/c1-22-12-17-28(18-23(22)2)35-31(39)20-41-30-11-7-6-8-26(30)19-34-38-32(40)25-15-13-24(14-16-25)29-21-42-33(37-29)36-27-9-4-3-5-10-27/h3-19,21H,20H2,1-2H3,(H,35,39)(H,36,37)(H,38,40)/b34-19+. The predicted molar refractivity (Wildman–Crippen MR) is 169 cm³/mol. The fourth-order valence-electron chi connectivity index (χ4n) is 4.00. The molecule has 0 aliphatic heterocycles. The fraction of sp³-hybridized carbons (Fsp3) is 0.0909. The van der Waals surface area contributed by atoms with E-state index in [1.807, 2.05) is 86.0 Å². The molecule has 0 aliphatic rings. The van der Waals surface area contributed by atoms with Crippen LogP contribution in [0.3, 0.4) is 0 Å². The van der Waals surface area contributed by atoms with Gasteiger partial charge in [-0.15, -0.1) is 11.3 Å². The zero-order valence-electron chi connectivity index (χ0n) is 23.1. The van der Waals surface area contributed by atoms with E-state index in [2.05, 4.69) is 26.1 Å². The quantitative estimate of drug-likeness (QED) is 0.123. The highest BCUT2D eigenvalue weighted by atomic mass is 32.1. The Hall–Kier alpha value is -5.28. The van der Waals surface area contributed by atoms with Gasteiger partial charge in [0.15, 0.2) is 11.7 Å². The minimum Gasteiger partial charge on any atom is -0.483 e. The van der Waals surface area contributed by atoms with Crippen LogP contribution in [0.1, 0.15) is 27.0 Å². The van der Waals surface area contributed by atoms with Gasteiger partial charge in [-0.25, -0.2) is 10.4 Å². The number of para-hydroxylation sites is 2. The first-order valence-electron chi connectivity index (χ1n) is 13.2. The molecule has 0 saturated heterocycles. The molecule has 4 aromatic carbocycles. The Labute approximate surface area is 248 Å². The lowest BCUT2D eigenvalue weighted by atomic mass is 10.1. The number of aryl methyl sites for hydroxylation is 2. The maximum atomic E-state index is 12.7. The van der Waals surface area contributed by atoms with Crippen LogP contribution in [0.25, 0.3) is 11.3 Å². The predicted octanol–water partition coefficient (Wildman–Crippen LogP) is 6.95. The van der Waals surface area contributed by atoms with Gasteiger partial charge < -0.3 is 15.4 Å². The van der Waals surface area contributed by atoms with Crippen LogP contribution in [0.4, 0.5) is 16.5 Å². The van der Waals surface area contributed by atoms with Gasteiger partial charge in [0.25, 0.3) is 11.8 Å². The van der Waals surface area contributed by atoms with Gasteiger partial charge in [-0.2, -0.15) is 5.10 Å². The smallest absolute Gasteiger partial charge is 0.271 e. The molecule has 0 spiro atoms. The highest BCUT2D eigenvalue weighted by Gasteiger charge is 2.10. The number of rotatable bonds is 10. The summed E-state index contributed by atoms with van der Waals surface area (Å²) in [6.45, 7) is 3.85. The van der Waals surface area contributed by atoms with Gasteiger partial charge in [0.05, 0.1) is 11.9 Å². The van der Waals surface area contributed by atoms with E-state index in [1.54, 1.807) is 30.3 Å². The summed E-state index contributed by atoms with van der Waals surface area (Å²) < 4.78 is 5.73. The molecule has 3 N–H and O–H groups in total. The van der Waals surface area contributed by atoms with Crippen molar-refractivity contribution >= 4 is 45.9 Å². The SMILES string of the molecule is Cc1ccc(NC(=O)COc2ccccc2/C=N/NC(=O)c2ccc(-c3csc(Nc4ccccc4)n3)cc2)cc1C. The molecule has 1 heterocycles. The zero-order chi connectivity index (χ0) is 29.3. The number of ether oxygens (including phenoxy) is 1. The topological polar surface area (TPSA) is 105 Å². The zero-order valence-corrected chi connectivity index (χ0v) is 23.9. The van der Waals surface area contributed by atoms with Gasteiger partial charge in [0, 0.05) is 33.4 Å². The van der Waals surface area contributed by atoms with Crippen molar-refractivity contribution in [1.82, 2.24) is 10.4 Å². The van der Waals surface area contributed by atoms with Crippen molar-refractivity contribution < 1.29 is 14.3 Å². The Morgan fingerprint density at radius 2 is 1.64 bits per heavy atom. The third kappa shape index (κ3) is 7.47. The van der Waals surface area contributed by atoms with Crippen molar-refractivity contribution in [1.29, 1.82) is 0 Å². The molecule has 0 unspecified atom stereocenters. The van der Waals surface area contributed by atoms with Gasteiger partial charge in [0.2, 0.25) is 0 Å². The van der Waals surface area contributed by atoms with Crippen LogP contribution in [-0.2, 0) is 4.79 Å². The van der Waals surface area contributed by atoms with E-state index in [4.69, 9.17) is 4.74 Å². The molecule has 210 valence electrons. The highest BCUT2D eigenvalue weighted by Crippen LogP contribution is 2.27. The van der Waals surface area contributed by atoms with E-state index in [0.717, 1.165) is 33.2 Å². The second kappa shape index (κ2) is 13.4. The van der Waals surface area contributed by atoms with Gasteiger partial charge in [-0.1, -0.05) is 48.5 Å². The van der Waals surface area contributed by atoms with Crippen molar-refractivity contribution in [3.05, 3.63) is 125 Å². The molecule has 5 aromatic rings. The van der Waals surface area contributed by atoms with E-state index in [0.29, 0.717) is 22.6 Å². The van der Waals surface area contributed by atoms with Crippen LogP contribution in [0, 0.1) is 13.8 Å². The lowest BCUT2D eigenvalue weighted by Gasteiger charge is -2.10. The maximum absolute atomic E-state index is 12.7. The van der Waals surface area contributed by atoms with Crippen LogP contribution >= 0.6 is 11.3 Å². The second-order valence-electron chi connectivity index (χ2n) is 9.48. The third-order valence-electron chi connectivity index (χ3n) is 6.41. The number of nitrogens with zero attached hydrogens (tertiary/aromatic N) is 2. The van der Waals surface area contributed by atoms with E-state index in [1.165, 1.54) is 17.6 Å². The average molecular weight is 576 g/mol. The van der Waals surface area contributed by atoms with Crippen molar-refractivity contribution in [2.75, 3.05) is 17.2 Å². The first-order chi connectivity index (χ1) is 20.4. The highest BCUT2D eigenvalue weighted by molar-refractivity contribution is 7.14. The molecule has 0 bridgehead atoms. The molecular formula is C33H29N5O3S. The minimum atomic E-state index is -0.353. The second-order valence-corrected chi connectivity index (χ2v) is 10.3. The number of benzene rings is 4. The summed E-state index contributed by atoms with van der Waals surface area (Å²) in [5.41, 5.74) is 9.29. The Morgan fingerprint density at radius 3 is 2.43 bits per heavy atom. The van der Waals surface area contributed by atoms with E-state index < -0.39 is 0 Å². The monoisotopic (exact) mass is 575 g/mol. The molecule has 8 nitrogen and oxygen atoms in total. The van der Waals surface area contributed by atoms with Crippen LogP contribution in [0.15, 0.2) is 108 Å². The fourth-order valence-corrected chi connectivity index (χ4v) is 4.74. The first-order valence-corrected chi connectivity index (χ1v) is 14.1. The summed E-state index contributed by atoms with van der Waals surface area (Å²) in [4.78, 5) is 29.7. The summed E-state index contributed by atoms with van der Waals surface area (Å²) in [7, 11) is 0. The number of carbonyl (C=O) groups is 2. The number of hydrogen-bond acceptors (Lipinski definition) is 7. The minimum absolute atomic E-state index is 0.167. The van der Waals surface area contributed by atoms with Gasteiger partial charge in [0.1, 0.15) is 5.75 Å². The van der Waals surface area contributed by atoms with Crippen molar-refractivity contribution in [2.24, 2.45) is 5.10 Å². The molecule has 2 amide bonds. The molecule has 9 heteroatoms. The summed E-state index contributed by atoms with van der Waals surface area (Å²) in [5, 5.41) is 13.0. The number of hydrogen-bond donors (Lipinski definition) is 3. The molecule has 0 saturated carbocycles. The van der Waals surface area contributed by atoms with Gasteiger partial charge in [-0.3, -0.25) is 9.59 Å². The Morgan fingerprint density at radius 1 is 0.881 bits per heavy atom. The van der Waals surface area contributed by atoms with Crippen molar-refractivity contribution in [3.8, 4) is 17.0 Å². The van der Waals surface area contributed by atoms with E-state index in [9.17, 15) is 9.59 Å². The van der Waals surface area contributed by atoms with Crippen LogP contribution in [0.5, 0.6) is 5.75 Å². The Kier molecular flexibility index (Phi) is 9.00. The molecule has 0 atom stereocenters. The average Bonchev–Trinajstić information content (AvgIpc) is 3.47. The van der Waals surface area contributed by atoms with E-state index in [-0.39, 0.29) is 18.4 Å². The Balaban J connectivity index is 1.14. The molecule has 0 radical (unpaired) electrons. The molecule has 0 aliphatic carbocycles. The van der Waals surface area contributed by atoms with Crippen LogP contribution in [0.2, 0.25) is 0 Å². The number of amides is 2. The Bertz CT molecular complexity index is 1720. The lowest BCUT2D eigenvalue weighted by molar-refractivity contribution is -0.118. The molecule has 5 rings (SSSR count). The third-order valence-corrected chi connectivity index (χ3v) is 7.17. The van der Waals surface area contributed by atoms with Gasteiger partial charge in [-0.05, 0) is 73.5 Å². The first kappa shape index (κ1) is 28.3. The molecular weight excluding hydrogens is 546 g/mol. The van der Waals surface area contributed by atoms with E-state index >= 15 is 0 Å². The summed E-state index contributed by atoms with van der Waals surface area (Å²) >= 11 is 1.51. The number of anilines is 3. The molecule has 1 aromatic heterocycles. The molecule has 42 heavy (non-hydrogen) atoms. The van der Waals surface area contributed by atoms with Gasteiger partial charge >= 0.3 is 0 Å². The van der Waals surface area contributed by atoms with Crippen LogP contribution in [-0.4, -0.2) is 29.6 Å². The lowest BCUT2D eigenvalue weighted by Crippen LogP contribution is -2.20. The normalized spacial score (nSPS) is 10.8. The molecule has 0 fully saturated rings. The number of aromatic nitrogens is 1. The van der Waals surface area contributed by atoms with Crippen molar-refractivity contribution in [2.45, 2.75) is 13.8 Å². The largest absolute Gasteiger partial charge is 0.483 e. The number of carbonyl (C=O) groups excluding carboxylic acids is 2. The van der Waals surface area contributed by atoms with Crippen LogP contribution < -0.4 is 20.8 Å². The number of thiazole rings is 1. The summed E-state index contributed by atoms with van der Waals surface area (Å²) in [6, 6.07) is 29.9. The number of hydrazone groups is 1. The summed E-state index contributed by atoms with van der Waals surface area (Å²) in [6.07, 6.45) is 1.49. The summed E-state index contributed by atoms with van der Waals surface area (Å²) in [5.74, 6) is -0.156. The number of nitrogens with one attached hydrogen (secondary N) is 3. The van der Waals surface area contributed by atoms with Crippen molar-refractivity contribution in [3.63, 3.8) is 0 Å². The maximum Gasteiger partial charge on any atom is 0.271 e.